The third kappa shape index (κ3) is 3.93. The summed E-state index contributed by atoms with van der Waals surface area (Å²) in [4.78, 5) is 20.2. The molecule has 0 bridgehead atoms. The van der Waals surface area contributed by atoms with Crippen molar-refractivity contribution in [1.82, 2.24) is 14.7 Å². The summed E-state index contributed by atoms with van der Waals surface area (Å²) in [6.45, 7) is 9.25. The standard InChI is InChI=1S/C19H29N3O/c1-2-20-13-15-21(16-14-20)18(17-9-5-3-6-10-17)19(23)22-11-7-4-8-12-22/h3,5-6,9-10,18H,2,4,7-8,11-16H2,1H3. The van der Waals surface area contributed by atoms with Gasteiger partial charge in [-0.1, -0.05) is 37.3 Å². The van der Waals surface area contributed by atoms with Gasteiger partial charge < -0.3 is 9.80 Å². The number of benzene rings is 1. The summed E-state index contributed by atoms with van der Waals surface area (Å²) < 4.78 is 0. The van der Waals surface area contributed by atoms with Gasteiger partial charge in [-0.2, -0.15) is 0 Å². The second kappa shape index (κ2) is 7.93. The molecule has 1 unspecified atom stereocenters. The lowest BCUT2D eigenvalue weighted by Gasteiger charge is -2.40. The Balaban J connectivity index is 1.78. The van der Waals surface area contributed by atoms with Crippen LogP contribution in [-0.2, 0) is 4.79 Å². The minimum atomic E-state index is -0.103. The summed E-state index contributed by atoms with van der Waals surface area (Å²) in [5.74, 6) is 0.306. The smallest absolute Gasteiger partial charge is 0.244 e. The molecule has 1 aromatic carbocycles. The molecule has 1 amide bonds. The first-order chi connectivity index (χ1) is 11.3. The van der Waals surface area contributed by atoms with Crippen LogP contribution in [-0.4, -0.2) is 66.4 Å². The van der Waals surface area contributed by atoms with Crippen molar-refractivity contribution in [2.75, 3.05) is 45.8 Å². The zero-order chi connectivity index (χ0) is 16.1. The topological polar surface area (TPSA) is 26.8 Å². The molecule has 2 aliphatic rings. The molecule has 1 aromatic rings. The summed E-state index contributed by atoms with van der Waals surface area (Å²) >= 11 is 0. The summed E-state index contributed by atoms with van der Waals surface area (Å²) in [6.07, 6.45) is 3.56. The largest absolute Gasteiger partial charge is 0.341 e. The zero-order valence-corrected chi connectivity index (χ0v) is 14.3. The average Bonchev–Trinajstić information content (AvgIpc) is 2.64. The molecule has 4 nitrogen and oxygen atoms in total. The second-order valence-electron chi connectivity index (χ2n) is 6.67. The van der Waals surface area contributed by atoms with Crippen molar-refractivity contribution in [2.24, 2.45) is 0 Å². The summed E-state index contributed by atoms with van der Waals surface area (Å²) in [5, 5.41) is 0. The Morgan fingerprint density at radius 1 is 0.957 bits per heavy atom. The molecule has 3 rings (SSSR count). The molecule has 0 N–H and O–H groups in total. The van der Waals surface area contributed by atoms with Crippen LogP contribution in [0.4, 0.5) is 0 Å². The number of piperidine rings is 1. The molecule has 0 spiro atoms. The van der Waals surface area contributed by atoms with Gasteiger partial charge in [0.2, 0.25) is 5.91 Å². The van der Waals surface area contributed by atoms with Crippen LogP contribution < -0.4 is 0 Å². The van der Waals surface area contributed by atoms with Gasteiger partial charge in [-0.25, -0.2) is 0 Å². The highest BCUT2D eigenvalue weighted by atomic mass is 16.2. The van der Waals surface area contributed by atoms with E-state index in [-0.39, 0.29) is 6.04 Å². The lowest BCUT2D eigenvalue weighted by Crippen LogP contribution is -2.52. The minimum absolute atomic E-state index is 0.103. The summed E-state index contributed by atoms with van der Waals surface area (Å²) in [7, 11) is 0. The molecule has 0 aliphatic carbocycles. The number of likely N-dealkylation sites (N-methyl/N-ethyl adjacent to an activating group) is 1. The van der Waals surface area contributed by atoms with Crippen molar-refractivity contribution in [1.29, 1.82) is 0 Å². The maximum atomic E-state index is 13.2. The van der Waals surface area contributed by atoms with E-state index in [9.17, 15) is 4.79 Å². The first-order valence-electron chi connectivity index (χ1n) is 9.09. The van der Waals surface area contributed by atoms with Crippen LogP contribution >= 0.6 is 0 Å². The Bertz CT molecular complexity index is 491. The van der Waals surface area contributed by atoms with E-state index in [1.165, 1.54) is 6.42 Å². The maximum Gasteiger partial charge on any atom is 0.244 e. The molecule has 2 fully saturated rings. The zero-order valence-electron chi connectivity index (χ0n) is 14.3. The molecular formula is C19H29N3O. The third-order valence-corrected chi connectivity index (χ3v) is 5.24. The maximum absolute atomic E-state index is 13.2. The number of likely N-dealkylation sites (tertiary alicyclic amines) is 1. The predicted octanol–water partition coefficient (Wildman–Crippen LogP) is 2.38. The van der Waals surface area contributed by atoms with Gasteiger partial charge in [-0.15, -0.1) is 0 Å². The Hall–Kier alpha value is -1.39. The summed E-state index contributed by atoms with van der Waals surface area (Å²) in [5.41, 5.74) is 1.15. The number of amides is 1. The number of hydrogen-bond donors (Lipinski definition) is 0. The lowest BCUT2D eigenvalue weighted by atomic mass is 10.0. The van der Waals surface area contributed by atoms with Gasteiger partial charge >= 0.3 is 0 Å². The van der Waals surface area contributed by atoms with Crippen molar-refractivity contribution in [3.8, 4) is 0 Å². The molecule has 1 atom stereocenters. The Morgan fingerprint density at radius 2 is 1.61 bits per heavy atom. The molecule has 0 aromatic heterocycles. The highest BCUT2D eigenvalue weighted by molar-refractivity contribution is 5.83. The molecule has 2 saturated heterocycles. The van der Waals surface area contributed by atoms with Crippen LogP contribution in [0.2, 0.25) is 0 Å². The number of carbonyl (C=O) groups excluding carboxylic acids is 1. The molecule has 2 heterocycles. The quantitative estimate of drug-likeness (QED) is 0.853. The van der Waals surface area contributed by atoms with E-state index in [4.69, 9.17) is 0 Å². The van der Waals surface area contributed by atoms with Crippen LogP contribution in [0.25, 0.3) is 0 Å². The van der Waals surface area contributed by atoms with E-state index in [1.54, 1.807) is 0 Å². The highest BCUT2D eigenvalue weighted by Gasteiger charge is 2.33. The van der Waals surface area contributed by atoms with Crippen molar-refractivity contribution in [3.63, 3.8) is 0 Å². The summed E-state index contributed by atoms with van der Waals surface area (Å²) in [6, 6.07) is 10.2. The molecule has 0 radical (unpaired) electrons. The monoisotopic (exact) mass is 315 g/mol. The molecule has 2 aliphatic heterocycles. The van der Waals surface area contributed by atoms with E-state index < -0.39 is 0 Å². The lowest BCUT2D eigenvalue weighted by molar-refractivity contribution is -0.139. The van der Waals surface area contributed by atoms with Crippen LogP contribution in [0.15, 0.2) is 30.3 Å². The van der Waals surface area contributed by atoms with Gasteiger partial charge in [0.25, 0.3) is 0 Å². The van der Waals surface area contributed by atoms with E-state index in [2.05, 4.69) is 33.8 Å². The van der Waals surface area contributed by atoms with E-state index in [0.29, 0.717) is 5.91 Å². The van der Waals surface area contributed by atoms with Crippen molar-refractivity contribution in [2.45, 2.75) is 32.2 Å². The van der Waals surface area contributed by atoms with Crippen molar-refractivity contribution < 1.29 is 4.79 Å². The number of nitrogens with zero attached hydrogens (tertiary/aromatic N) is 3. The van der Waals surface area contributed by atoms with Crippen LogP contribution in [0.1, 0.15) is 37.8 Å². The van der Waals surface area contributed by atoms with E-state index >= 15 is 0 Å². The highest BCUT2D eigenvalue weighted by Crippen LogP contribution is 2.26. The fraction of sp³-hybridized carbons (Fsp3) is 0.632. The Kier molecular flexibility index (Phi) is 5.68. The van der Waals surface area contributed by atoms with Gasteiger partial charge in [0, 0.05) is 39.3 Å². The van der Waals surface area contributed by atoms with E-state index in [0.717, 1.165) is 64.2 Å². The second-order valence-corrected chi connectivity index (χ2v) is 6.67. The van der Waals surface area contributed by atoms with Crippen molar-refractivity contribution in [3.05, 3.63) is 35.9 Å². The molecule has 126 valence electrons. The first-order valence-corrected chi connectivity index (χ1v) is 9.09. The van der Waals surface area contributed by atoms with E-state index in [1.807, 2.05) is 18.2 Å². The minimum Gasteiger partial charge on any atom is -0.341 e. The SMILES string of the molecule is CCN1CCN(C(C(=O)N2CCCCC2)c2ccccc2)CC1. The number of hydrogen-bond acceptors (Lipinski definition) is 3. The number of piperazine rings is 1. The number of carbonyl (C=O) groups is 1. The van der Waals surface area contributed by atoms with Gasteiger partial charge in [0.15, 0.2) is 0 Å². The normalized spacial score (nSPS) is 22.0. The fourth-order valence-corrected chi connectivity index (χ4v) is 3.77. The van der Waals surface area contributed by atoms with Gasteiger partial charge in [-0.05, 0) is 31.4 Å². The molecule has 4 heteroatoms. The van der Waals surface area contributed by atoms with Crippen LogP contribution in [0.5, 0.6) is 0 Å². The van der Waals surface area contributed by atoms with Gasteiger partial charge in [0.1, 0.15) is 6.04 Å². The first kappa shape index (κ1) is 16.5. The van der Waals surface area contributed by atoms with Crippen LogP contribution in [0, 0.1) is 0 Å². The molecular weight excluding hydrogens is 286 g/mol. The molecule has 0 saturated carbocycles. The Labute approximate surface area is 140 Å². The van der Waals surface area contributed by atoms with Crippen molar-refractivity contribution >= 4 is 5.91 Å². The fourth-order valence-electron chi connectivity index (χ4n) is 3.77. The van der Waals surface area contributed by atoms with Gasteiger partial charge in [0.05, 0.1) is 0 Å². The Morgan fingerprint density at radius 3 is 2.22 bits per heavy atom. The molecule has 23 heavy (non-hydrogen) atoms. The number of rotatable bonds is 4. The predicted molar refractivity (Wildman–Crippen MR) is 93.3 cm³/mol. The van der Waals surface area contributed by atoms with Crippen LogP contribution in [0.3, 0.4) is 0 Å². The van der Waals surface area contributed by atoms with Gasteiger partial charge in [-0.3, -0.25) is 9.69 Å². The average molecular weight is 315 g/mol. The third-order valence-electron chi connectivity index (χ3n) is 5.24.